The van der Waals surface area contributed by atoms with Crippen molar-refractivity contribution in [1.82, 2.24) is 5.32 Å². The molecule has 1 nitrogen and oxygen atoms in total. The molecular formula is C16H25F2N. The quantitative estimate of drug-likeness (QED) is 0.733. The lowest BCUT2D eigenvalue weighted by atomic mass is 9.82. The minimum absolute atomic E-state index is 0.0320. The van der Waals surface area contributed by atoms with Crippen LogP contribution in [-0.4, -0.2) is 13.1 Å². The van der Waals surface area contributed by atoms with E-state index in [9.17, 15) is 8.78 Å². The molecular weight excluding hydrogens is 244 g/mol. The summed E-state index contributed by atoms with van der Waals surface area (Å²) in [6.45, 7) is 10.6. The zero-order valence-corrected chi connectivity index (χ0v) is 12.4. The van der Waals surface area contributed by atoms with E-state index in [2.05, 4.69) is 33.0 Å². The van der Waals surface area contributed by atoms with Gasteiger partial charge in [-0.05, 0) is 55.0 Å². The maximum Gasteiger partial charge on any atom is 0.126 e. The van der Waals surface area contributed by atoms with Gasteiger partial charge >= 0.3 is 0 Å². The van der Waals surface area contributed by atoms with Crippen molar-refractivity contribution >= 4 is 0 Å². The fraction of sp³-hybridized carbons (Fsp3) is 0.625. The predicted octanol–water partition coefficient (Wildman–Crippen LogP) is 4.17. The first-order valence-corrected chi connectivity index (χ1v) is 6.94. The summed E-state index contributed by atoms with van der Waals surface area (Å²) in [6, 6.07) is 3.76. The fourth-order valence-corrected chi connectivity index (χ4v) is 2.17. The van der Waals surface area contributed by atoms with Gasteiger partial charge < -0.3 is 5.32 Å². The molecule has 0 saturated carbocycles. The van der Waals surface area contributed by atoms with Gasteiger partial charge in [0, 0.05) is 6.07 Å². The summed E-state index contributed by atoms with van der Waals surface area (Å²) in [5, 5.41) is 3.40. The van der Waals surface area contributed by atoms with Crippen molar-refractivity contribution in [3.8, 4) is 0 Å². The Morgan fingerprint density at radius 2 is 1.68 bits per heavy atom. The maximum atomic E-state index is 13.1. The van der Waals surface area contributed by atoms with Gasteiger partial charge in [0.2, 0.25) is 0 Å². The van der Waals surface area contributed by atoms with Crippen LogP contribution in [0.5, 0.6) is 0 Å². The van der Waals surface area contributed by atoms with Gasteiger partial charge in [-0.3, -0.25) is 0 Å². The Balaban J connectivity index is 2.49. The van der Waals surface area contributed by atoms with Crippen molar-refractivity contribution < 1.29 is 8.78 Å². The summed E-state index contributed by atoms with van der Waals surface area (Å²) < 4.78 is 26.3. The van der Waals surface area contributed by atoms with Crippen LogP contribution in [0, 0.1) is 23.0 Å². The molecule has 1 rings (SSSR count). The Kier molecular flexibility index (Phi) is 5.92. The number of hydrogen-bond acceptors (Lipinski definition) is 1. The fourth-order valence-electron chi connectivity index (χ4n) is 2.17. The first kappa shape index (κ1) is 16.1. The Morgan fingerprint density at radius 1 is 1.11 bits per heavy atom. The van der Waals surface area contributed by atoms with E-state index in [4.69, 9.17) is 0 Å². The summed E-state index contributed by atoms with van der Waals surface area (Å²) >= 11 is 0. The van der Waals surface area contributed by atoms with Crippen LogP contribution in [-0.2, 0) is 6.42 Å². The van der Waals surface area contributed by atoms with Gasteiger partial charge in [-0.25, -0.2) is 8.78 Å². The van der Waals surface area contributed by atoms with Gasteiger partial charge in [0.25, 0.3) is 0 Å². The third kappa shape index (κ3) is 6.67. The highest BCUT2D eigenvalue weighted by atomic mass is 19.1. The van der Waals surface area contributed by atoms with Crippen molar-refractivity contribution in [2.45, 2.75) is 40.5 Å². The van der Waals surface area contributed by atoms with Crippen LogP contribution in [0.3, 0.4) is 0 Å². The van der Waals surface area contributed by atoms with Crippen LogP contribution in [0.2, 0.25) is 0 Å². The number of nitrogens with one attached hydrogen (secondary N) is 1. The van der Waals surface area contributed by atoms with E-state index in [1.807, 2.05) is 0 Å². The van der Waals surface area contributed by atoms with E-state index in [0.717, 1.165) is 31.1 Å². The molecule has 1 N–H and O–H groups in total. The molecule has 108 valence electrons. The van der Waals surface area contributed by atoms with E-state index in [1.165, 1.54) is 12.1 Å². The third-order valence-electron chi connectivity index (χ3n) is 3.14. The van der Waals surface area contributed by atoms with Crippen LogP contribution in [0.4, 0.5) is 8.78 Å². The Labute approximate surface area is 115 Å². The second kappa shape index (κ2) is 6.99. The molecule has 1 aromatic rings. The minimum Gasteiger partial charge on any atom is -0.316 e. The molecule has 0 saturated heterocycles. The summed E-state index contributed by atoms with van der Waals surface area (Å²) in [6.07, 6.45) is 1.67. The van der Waals surface area contributed by atoms with Gasteiger partial charge in [0.05, 0.1) is 0 Å². The Morgan fingerprint density at radius 3 is 2.21 bits per heavy atom. The number of rotatable bonds is 7. The number of benzene rings is 1. The minimum atomic E-state index is -0.497. The zero-order chi connectivity index (χ0) is 14.5. The summed E-state index contributed by atoms with van der Waals surface area (Å²) in [7, 11) is 0. The first-order valence-electron chi connectivity index (χ1n) is 6.94. The van der Waals surface area contributed by atoms with E-state index in [-0.39, 0.29) is 5.41 Å². The van der Waals surface area contributed by atoms with Gasteiger partial charge in [0.15, 0.2) is 0 Å². The highest BCUT2D eigenvalue weighted by Crippen LogP contribution is 2.26. The number of halogens is 2. The van der Waals surface area contributed by atoms with E-state index in [0.29, 0.717) is 12.3 Å². The van der Waals surface area contributed by atoms with Crippen molar-refractivity contribution in [3.05, 3.63) is 35.4 Å². The van der Waals surface area contributed by atoms with Crippen LogP contribution >= 0.6 is 0 Å². The van der Waals surface area contributed by atoms with E-state index >= 15 is 0 Å². The van der Waals surface area contributed by atoms with Gasteiger partial charge in [-0.2, -0.15) is 0 Å². The standard InChI is InChI=1S/C16H25F2N/c1-12(2)11-19-6-5-16(3,4)10-13-7-14(17)9-15(18)8-13/h7-9,12,19H,5-6,10-11H2,1-4H3. The van der Waals surface area contributed by atoms with Crippen molar-refractivity contribution in [2.24, 2.45) is 11.3 Å². The molecule has 0 aliphatic rings. The molecule has 0 bridgehead atoms. The lowest BCUT2D eigenvalue weighted by Gasteiger charge is -2.25. The molecule has 3 heteroatoms. The Bertz CT molecular complexity index is 379. The molecule has 0 atom stereocenters. The summed E-state index contributed by atoms with van der Waals surface area (Å²) in [4.78, 5) is 0. The largest absolute Gasteiger partial charge is 0.316 e. The molecule has 0 radical (unpaired) electrons. The van der Waals surface area contributed by atoms with Crippen LogP contribution < -0.4 is 5.32 Å². The lowest BCUT2D eigenvalue weighted by Crippen LogP contribution is -2.26. The molecule has 0 aliphatic carbocycles. The molecule has 0 heterocycles. The zero-order valence-electron chi connectivity index (χ0n) is 12.4. The average molecular weight is 269 g/mol. The van der Waals surface area contributed by atoms with Crippen LogP contribution in [0.25, 0.3) is 0 Å². The summed E-state index contributed by atoms with van der Waals surface area (Å²) in [5.74, 6) is -0.354. The van der Waals surface area contributed by atoms with Crippen molar-refractivity contribution in [3.63, 3.8) is 0 Å². The second-order valence-electron chi connectivity index (χ2n) is 6.47. The van der Waals surface area contributed by atoms with E-state index in [1.54, 1.807) is 0 Å². The SMILES string of the molecule is CC(C)CNCCC(C)(C)Cc1cc(F)cc(F)c1. The van der Waals surface area contributed by atoms with Crippen LogP contribution in [0.15, 0.2) is 18.2 Å². The molecule has 0 amide bonds. The molecule has 0 aromatic heterocycles. The molecule has 0 aliphatic heterocycles. The predicted molar refractivity (Wildman–Crippen MR) is 76.2 cm³/mol. The molecule has 0 unspecified atom stereocenters. The van der Waals surface area contributed by atoms with Crippen molar-refractivity contribution in [2.75, 3.05) is 13.1 Å². The number of hydrogen-bond donors (Lipinski definition) is 1. The third-order valence-corrected chi connectivity index (χ3v) is 3.14. The smallest absolute Gasteiger partial charge is 0.126 e. The van der Waals surface area contributed by atoms with Gasteiger partial charge in [-0.15, -0.1) is 0 Å². The summed E-state index contributed by atoms with van der Waals surface area (Å²) in [5.41, 5.74) is 0.760. The molecule has 1 aromatic carbocycles. The molecule has 0 spiro atoms. The monoisotopic (exact) mass is 269 g/mol. The topological polar surface area (TPSA) is 12.0 Å². The highest BCUT2D eigenvalue weighted by molar-refractivity contribution is 5.19. The first-order chi connectivity index (χ1) is 8.78. The Hall–Kier alpha value is -0.960. The van der Waals surface area contributed by atoms with Crippen LogP contribution in [0.1, 0.15) is 39.7 Å². The van der Waals surface area contributed by atoms with Crippen molar-refractivity contribution in [1.29, 1.82) is 0 Å². The second-order valence-corrected chi connectivity index (χ2v) is 6.47. The average Bonchev–Trinajstić information content (AvgIpc) is 2.22. The lowest BCUT2D eigenvalue weighted by molar-refractivity contribution is 0.321. The highest BCUT2D eigenvalue weighted by Gasteiger charge is 2.19. The molecule has 19 heavy (non-hydrogen) atoms. The maximum absolute atomic E-state index is 13.1. The van der Waals surface area contributed by atoms with Gasteiger partial charge in [-0.1, -0.05) is 27.7 Å². The van der Waals surface area contributed by atoms with E-state index < -0.39 is 11.6 Å². The van der Waals surface area contributed by atoms with Gasteiger partial charge in [0.1, 0.15) is 11.6 Å². The molecule has 0 fully saturated rings. The normalized spacial score (nSPS) is 12.2.